The van der Waals surface area contributed by atoms with Crippen LogP contribution in [0.15, 0.2) is 40.1 Å². The third-order valence-corrected chi connectivity index (χ3v) is 4.37. The highest BCUT2D eigenvalue weighted by molar-refractivity contribution is 5.69. The van der Waals surface area contributed by atoms with E-state index in [1.807, 2.05) is 19.1 Å². The Bertz CT molecular complexity index is 775. The maximum atomic E-state index is 12.2. The van der Waals surface area contributed by atoms with Gasteiger partial charge in [-0.3, -0.25) is 4.79 Å². The molecule has 1 unspecified atom stereocenters. The van der Waals surface area contributed by atoms with E-state index in [1.165, 1.54) is 7.11 Å². The van der Waals surface area contributed by atoms with Crippen LogP contribution in [0.3, 0.4) is 0 Å². The third kappa shape index (κ3) is 6.33. The first-order chi connectivity index (χ1) is 13.5. The molecule has 1 atom stereocenters. The largest absolute Gasteiger partial charge is 0.469 e. The molecule has 7 nitrogen and oxygen atoms in total. The summed E-state index contributed by atoms with van der Waals surface area (Å²) in [7, 11) is 1.37. The molecule has 0 aliphatic carbocycles. The van der Waals surface area contributed by atoms with Crippen molar-refractivity contribution in [2.75, 3.05) is 13.7 Å². The molecule has 2 heterocycles. The van der Waals surface area contributed by atoms with Crippen LogP contribution in [-0.4, -0.2) is 25.7 Å². The summed E-state index contributed by atoms with van der Waals surface area (Å²) in [5.74, 6) is 1.02. The smallest absolute Gasteiger partial charge is 0.407 e. The number of hydrogen-bond acceptors (Lipinski definition) is 6. The topological polar surface area (TPSA) is 90.9 Å². The van der Waals surface area contributed by atoms with Crippen molar-refractivity contribution < 1.29 is 27.9 Å². The molecule has 0 bridgehead atoms. The first-order valence-corrected chi connectivity index (χ1v) is 9.29. The Hall–Kier alpha value is -2.96. The number of unbranched alkanes of at least 4 members (excludes halogenated alkanes) is 2. The van der Waals surface area contributed by atoms with Crippen molar-refractivity contribution in [3.63, 3.8) is 0 Å². The van der Waals surface area contributed by atoms with Gasteiger partial charge in [-0.2, -0.15) is 0 Å². The van der Waals surface area contributed by atoms with Gasteiger partial charge in [-0.25, -0.2) is 4.79 Å². The number of amides is 1. The van der Waals surface area contributed by atoms with Gasteiger partial charge in [0.1, 0.15) is 11.5 Å². The van der Waals surface area contributed by atoms with Gasteiger partial charge < -0.3 is 23.6 Å². The van der Waals surface area contributed by atoms with Gasteiger partial charge in [-0.15, -0.1) is 0 Å². The van der Waals surface area contributed by atoms with Gasteiger partial charge in [0.05, 0.1) is 19.6 Å². The van der Waals surface area contributed by atoms with Crippen LogP contribution in [-0.2, 0) is 20.7 Å². The van der Waals surface area contributed by atoms with Crippen LogP contribution >= 0.6 is 0 Å². The minimum Gasteiger partial charge on any atom is -0.469 e. The average Bonchev–Trinajstić information content (AvgIpc) is 3.32. The molecule has 0 spiro atoms. The summed E-state index contributed by atoms with van der Waals surface area (Å²) in [6, 6.07) is 3.65. The molecule has 2 aromatic heterocycles. The van der Waals surface area contributed by atoms with Crippen LogP contribution in [0, 0.1) is 6.92 Å². The van der Waals surface area contributed by atoms with Gasteiger partial charge >= 0.3 is 12.1 Å². The lowest BCUT2D eigenvalue weighted by Crippen LogP contribution is -2.27. The van der Waals surface area contributed by atoms with Crippen LogP contribution in [0.1, 0.15) is 54.4 Å². The molecule has 0 aliphatic heterocycles. The van der Waals surface area contributed by atoms with E-state index < -0.39 is 12.2 Å². The zero-order chi connectivity index (χ0) is 20.4. The molecule has 0 radical (unpaired) electrons. The highest BCUT2D eigenvalue weighted by Crippen LogP contribution is 2.28. The minimum atomic E-state index is -0.578. The second-order valence-corrected chi connectivity index (χ2v) is 6.39. The number of ether oxygens (including phenoxy) is 2. The molecule has 0 fully saturated rings. The lowest BCUT2D eigenvalue weighted by atomic mass is 10.0. The maximum absolute atomic E-state index is 12.2. The van der Waals surface area contributed by atoms with E-state index in [1.54, 1.807) is 18.6 Å². The Morgan fingerprint density at radius 1 is 1.21 bits per heavy atom. The van der Waals surface area contributed by atoms with E-state index in [0.717, 1.165) is 30.4 Å². The van der Waals surface area contributed by atoms with Crippen molar-refractivity contribution >= 4 is 18.1 Å². The second-order valence-electron chi connectivity index (χ2n) is 6.39. The molecule has 0 aliphatic rings. The van der Waals surface area contributed by atoms with Crippen LogP contribution in [0.25, 0.3) is 6.08 Å². The number of carbonyl (C=O) groups excluding carboxylic acids is 2. The molecule has 28 heavy (non-hydrogen) atoms. The first kappa shape index (κ1) is 21.3. The van der Waals surface area contributed by atoms with Crippen LogP contribution in [0.2, 0.25) is 0 Å². The molecule has 2 rings (SSSR count). The number of alkyl carbamates (subject to hydrolysis) is 1. The van der Waals surface area contributed by atoms with Gasteiger partial charge in [-0.05, 0) is 43.5 Å². The number of carbonyl (C=O) groups is 2. The number of furan rings is 2. The van der Waals surface area contributed by atoms with Crippen molar-refractivity contribution in [2.24, 2.45) is 0 Å². The second kappa shape index (κ2) is 11.0. The monoisotopic (exact) mass is 389 g/mol. The first-order valence-electron chi connectivity index (χ1n) is 9.29. The van der Waals surface area contributed by atoms with E-state index in [-0.39, 0.29) is 5.97 Å². The molecule has 1 amide bonds. The summed E-state index contributed by atoms with van der Waals surface area (Å²) in [5.41, 5.74) is 1.79. The zero-order valence-electron chi connectivity index (χ0n) is 16.4. The van der Waals surface area contributed by atoms with Crippen molar-refractivity contribution in [1.82, 2.24) is 5.32 Å². The maximum Gasteiger partial charge on any atom is 0.407 e. The number of esters is 1. The van der Waals surface area contributed by atoms with Crippen LogP contribution in [0.5, 0.6) is 0 Å². The Morgan fingerprint density at radius 2 is 2.00 bits per heavy atom. The standard InChI is InChI=1S/C21H27NO6/c1-4-17-16(10-13-26-17)14-18(20-15(2)9-12-27-20)28-21(24)22-11-7-5-6-8-19(23)25-3/h4,9-10,12-13,18H,1,5-8,11,14H2,2-3H3,(H,22,24). The fraction of sp³-hybridized carbons (Fsp3) is 0.429. The van der Waals surface area contributed by atoms with Crippen LogP contribution < -0.4 is 5.32 Å². The van der Waals surface area contributed by atoms with Gasteiger partial charge in [0.2, 0.25) is 0 Å². The summed E-state index contributed by atoms with van der Waals surface area (Å²) in [4.78, 5) is 23.3. The SMILES string of the molecule is C=Cc1occc1CC(OC(=O)NCCCCCC(=O)OC)c1occc1C. The highest BCUT2D eigenvalue weighted by atomic mass is 16.6. The van der Waals surface area contributed by atoms with Crippen molar-refractivity contribution in [3.8, 4) is 0 Å². The lowest BCUT2D eigenvalue weighted by Gasteiger charge is -2.17. The number of hydrogen-bond donors (Lipinski definition) is 1. The molecule has 0 aromatic carbocycles. The Kier molecular flexibility index (Phi) is 8.39. The average molecular weight is 389 g/mol. The number of nitrogens with one attached hydrogen (secondary N) is 1. The third-order valence-electron chi connectivity index (χ3n) is 4.37. The van der Waals surface area contributed by atoms with E-state index in [9.17, 15) is 9.59 Å². The minimum absolute atomic E-state index is 0.220. The summed E-state index contributed by atoms with van der Waals surface area (Å²) < 4.78 is 21.1. The van der Waals surface area contributed by atoms with Gasteiger partial charge in [-0.1, -0.05) is 13.0 Å². The number of aryl methyl sites for hydroxylation is 1. The molecular formula is C21H27NO6. The van der Waals surface area contributed by atoms with Gasteiger partial charge in [0, 0.05) is 24.9 Å². The van der Waals surface area contributed by atoms with Gasteiger partial charge in [0.25, 0.3) is 0 Å². The predicted octanol–water partition coefficient (Wildman–Crippen LogP) is 4.57. The molecule has 2 aromatic rings. The quantitative estimate of drug-likeness (QED) is 0.447. The molecule has 7 heteroatoms. The normalized spacial score (nSPS) is 11.6. The van der Waals surface area contributed by atoms with Crippen molar-refractivity contribution in [3.05, 3.63) is 53.9 Å². The molecule has 152 valence electrons. The summed E-state index contributed by atoms with van der Waals surface area (Å²) >= 11 is 0. The van der Waals surface area contributed by atoms with Crippen molar-refractivity contribution in [1.29, 1.82) is 0 Å². The fourth-order valence-electron chi connectivity index (χ4n) is 2.83. The summed E-state index contributed by atoms with van der Waals surface area (Å²) in [6.07, 6.45) is 6.76. The van der Waals surface area contributed by atoms with E-state index in [4.69, 9.17) is 13.6 Å². The Morgan fingerprint density at radius 3 is 2.68 bits per heavy atom. The van der Waals surface area contributed by atoms with E-state index >= 15 is 0 Å². The molecule has 1 N–H and O–H groups in total. The Balaban J connectivity index is 1.86. The molecular weight excluding hydrogens is 362 g/mol. The molecule has 0 saturated carbocycles. The number of methoxy groups -OCH3 is 1. The fourth-order valence-corrected chi connectivity index (χ4v) is 2.83. The van der Waals surface area contributed by atoms with E-state index in [2.05, 4.69) is 16.6 Å². The predicted molar refractivity (Wildman–Crippen MR) is 104 cm³/mol. The summed E-state index contributed by atoms with van der Waals surface area (Å²) in [6.45, 7) is 6.09. The van der Waals surface area contributed by atoms with Crippen LogP contribution in [0.4, 0.5) is 4.79 Å². The van der Waals surface area contributed by atoms with E-state index in [0.29, 0.717) is 30.9 Å². The zero-order valence-corrected chi connectivity index (χ0v) is 16.4. The number of rotatable bonds is 11. The van der Waals surface area contributed by atoms with Gasteiger partial charge in [0.15, 0.2) is 6.10 Å². The van der Waals surface area contributed by atoms with Crippen molar-refractivity contribution in [2.45, 2.75) is 45.1 Å². The summed E-state index contributed by atoms with van der Waals surface area (Å²) in [5, 5.41) is 2.74. The lowest BCUT2D eigenvalue weighted by molar-refractivity contribution is -0.140. The Labute approximate surface area is 164 Å². The highest BCUT2D eigenvalue weighted by Gasteiger charge is 2.24. The molecule has 0 saturated heterocycles.